The fourth-order valence-electron chi connectivity index (χ4n) is 1.62. The minimum absolute atomic E-state index is 0.627. The van der Waals surface area contributed by atoms with E-state index >= 15 is 0 Å². The van der Waals surface area contributed by atoms with Crippen LogP contribution >= 0.6 is 0 Å². The second kappa shape index (κ2) is 4.93. The number of aryl methyl sites for hydroxylation is 1. The predicted octanol–water partition coefficient (Wildman–Crippen LogP) is 1.88. The Hall–Kier alpha value is -1.94. The van der Waals surface area contributed by atoms with Gasteiger partial charge < -0.3 is 9.84 Å². The molecule has 0 aromatic carbocycles. The summed E-state index contributed by atoms with van der Waals surface area (Å²) in [5.41, 5.74) is 2.45. The van der Waals surface area contributed by atoms with E-state index in [9.17, 15) is 5.11 Å². The fourth-order valence-corrected chi connectivity index (χ4v) is 1.62. The molecule has 2 aromatic heterocycles. The van der Waals surface area contributed by atoms with Gasteiger partial charge in [0.05, 0.1) is 13.3 Å². The maximum Gasteiger partial charge on any atom is 0.137 e. The van der Waals surface area contributed by atoms with Gasteiger partial charge in [-0.05, 0) is 18.6 Å². The highest BCUT2D eigenvalue weighted by Gasteiger charge is 2.12. The van der Waals surface area contributed by atoms with E-state index in [-0.39, 0.29) is 0 Å². The van der Waals surface area contributed by atoms with E-state index in [1.807, 2.05) is 13.0 Å². The summed E-state index contributed by atoms with van der Waals surface area (Å²) in [7, 11) is 1.57. The van der Waals surface area contributed by atoms with Crippen molar-refractivity contribution < 1.29 is 9.84 Å². The molecule has 0 saturated heterocycles. The smallest absolute Gasteiger partial charge is 0.137 e. The molecule has 2 heterocycles. The molecule has 0 bridgehead atoms. The molecule has 1 unspecified atom stereocenters. The van der Waals surface area contributed by atoms with Gasteiger partial charge in [0.1, 0.15) is 11.9 Å². The van der Waals surface area contributed by atoms with Crippen LogP contribution in [0.25, 0.3) is 0 Å². The average molecular weight is 230 g/mol. The van der Waals surface area contributed by atoms with Crippen molar-refractivity contribution in [2.45, 2.75) is 13.0 Å². The number of nitrogens with zero attached hydrogens (tertiary/aromatic N) is 2. The Labute approximate surface area is 99.9 Å². The number of methoxy groups -OCH3 is 1. The lowest BCUT2D eigenvalue weighted by Gasteiger charge is -2.12. The molecule has 0 saturated carbocycles. The van der Waals surface area contributed by atoms with Crippen LogP contribution in [0.2, 0.25) is 0 Å². The molecule has 0 fully saturated rings. The van der Waals surface area contributed by atoms with E-state index in [4.69, 9.17) is 4.74 Å². The summed E-state index contributed by atoms with van der Waals surface area (Å²) in [6.45, 7) is 1.94. The number of rotatable bonds is 3. The third-order valence-electron chi connectivity index (χ3n) is 2.50. The lowest BCUT2D eigenvalue weighted by atomic mass is 10.0. The third kappa shape index (κ3) is 2.60. The average Bonchev–Trinajstić information content (AvgIpc) is 2.38. The van der Waals surface area contributed by atoms with Gasteiger partial charge in [0, 0.05) is 29.7 Å². The lowest BCUT2D eigenvalue weighted by Crippen LogP contribution is -2.01. The van der Waals surface area contributed by atoms with Gasteiger partial charge in [-0.1, -0.05) is 6.07 Å². The first-order chi connectivity index (χ1) is 8.20. The predicted molar refractivity (Wildman–Crippen MR) is 63.8 cm³/mol. The van der Waals surface area contributed by atoms with Crippen LogP contribution in [0.15, 0.2) is 36.9 Å². The Bertz CT molecular complexity index is 514. The van der Waals surface area contributed by atoms with E-state index in [0.717, 1.165) is 11.1 Å². The maximum absolute atomic E-state index is 10.2. The van der Waals surface area contributed by atoms with Crippen LogP contribution in [-0.4, -0.2) is 22.2 Å². The molecule has 1 atom stereocenters. The highest BCUT2D eigenvalue weighted by atomic mass is 16.5. The first-order valence-electron chi connectivity index (χ1n) is 5.29. The normalized spacial score (nSPS) is 12.2. The monoisotopic (exact) mass is 230 g/mol. The summed E-state index contributed by atoms with van der Waals surface area (Å²) < 4.78 is 5.08. The van der Waals surface area contributed by atoms with Crippen LogP contribution in [-0.2, 0) is 0 Å². The third-order valence-corrected chi connectivity index (χ3v) is 2.50. The van der Waals surface area contributed by atoms with Crippen LogP contribution in [0.3, 0.4) is 0 Å². The summed E-state index contributed by atoms with van der Waals surface area (Å²) in [4.78, 5) is 8.08. The molecule has 4 heteroatoms. The zero-order valence-corrected chi connectivity index (χ0v) is 9.79. The van der Waals surface area contributed by atoms with Crippen molar-refractivity contribution >= 4 is 0 Å². The molecule has 1 N–H and O–H groups in total. The van der Waals surface area contributed by atoms with Crippen molar-refractivity contribution in [3.8, 4) is 5.75 Å². The molecule has 0 spiro atoms. The molecule has 0 aliphatic rings. The molecular formula is C13H14N2O2. The second-order valence-corrected chi connectivity index (χ2v) is 3.86. The first kappa shape index (κ1) is 11.5. The highest BCUT2D eigenvalue weighted by molar-refractivity contribution is 5.32. The first-order valence-corrected chi connectivity index (χ1v) is 5.29. The van der Waals surface area contributed by atoms with Gasteiger partial charge in [-0.15, -0.1) is 0 Å². The molecular weight excluding hydrogens is 216 g/mol. The zero-order valence-electron chi connectivity index (χ0n) is 9.79. The molecule has 0 amide bonds. The van der Waals surface area contributed by atoms with E-state index in [1.165, 1.54) is 0 Å². The number of hydrogen-bond donors (Lipinski definition) is 1. The SMILES string of the molecule is COc1cncc(C(O)c2cncc(C)c2)c1. The Morgan fingerprint density at radius 3 is 2.35 bits per heavy atom. The van der Waals surface area contributed by atoms with Crippen molar-refractivity contribution in [3.05, 3.63) is 53.6 Å². The van der Waals surface area contributed by atoms with Crippen LogP contribution < -0.4 is 4.74 Å². The minimum atomic E-state index is -0.731. The van der Waals surface area contributed by atoms with Crippen molar-refractivity contribution in [1.82, 2.24) is 9.97 Å². The summed E-state index contributed by atoms with van der Waals surface area (Å²) in [6.07, 6.45) is 5.89. The van der Waals surface area contributed by atoms with Gasteiger partial charge in [0.15, 0.2) is 0 Å². The fraction of sp³-hybridized carbons (Fsp3) is 0.231. The minimum Gasteiger partial charge on any atom is -0.495 e. The topological polar surface area (TPSA) is 55.2 Å². The molecule has 0 radical (unpaired) electrons. The number of aromatic nitrogens is 2. The van der Waals surface area contributed by atoms with Crippen molar-refractivity contribution in [2.24, 2.45) is 0 Å². The summed E-state index contributed by atoms with van der Waals surface area (Å²) >= 11 is 0. The molecule has 88 valence electrons. The largest absolute Gasteiger partial charge is 0.495 e. The van der Waals surface area contributed by atoms with Gasteiger partial charge >= 0.3 is 0 Å². The van der Waals surface area contributed by atoms with Crippen molar-refractivity contribution in [1.29, 1.82) is 0 Å². The quantitative estimate of drug-likeness (QED) is 0.874. The van der Waals surface area contributed by atoms with Crippen LogP contribution in [0.5, 0.6) is 5.75 Å². The zero-order chi connectivity index (χ0) is 12.3. The highest BCUT2D eigenvalue weighted by Crippen LogP contribution is 2.23. The van der Waals surface area contributed by atoms with E-state index in [0.29, 0.717) is 11.3 Å². The van der Waals surface area contributed by atoms with E-state index in [2.05, 4.69) is 9.97 Å². The van der Waals surface area contributed by atoms with Gasteiger partial charge in [-0.2, -0.15) is 0 Å². The van der Waals surface area contributed by atoms with Crippen molar-refractivity contribution in [3.63, 3.8) is 0 Å². The Balaban J connectivity index is 2.33. The van der Waals surface area contributed by atoms with E-state index in [1.54, 1.807) is 38.0 Å². The second-order valence-electron chi connectivity index (χ2n) is 3.86. The van der Waals surface area contributed by atoms with Crippen molar-refractivity contribution in [2.75, 3.05) is 7.11 Å². The van der Waals surface area contributed by atoms with E-state index < -0.39 is 6.10 Å². The number of aliphatic hydroxyl groups excluding tert-OH is 1. The van der Waals surface area contributed by atoms with Crippen LogP contribution in [0.4, 0.5) is 0 Å². The Morgan fingerprint density at radius 1 is 1.06 bits per heavy atom. The number of aliphatic hydroxyl groups is 1. The van der Waals surface area contributed by atoms with Gasteiger partial charge in [-0.3, -0.25) is 9.97 Å². The number of ether oxygens (including phenoxy) is 1. The standard InChI is InChI=1S/C13H14N2O2/c1-9-3-10(6-14-5-9)13(16)11-4-12(17-2)8-15-7-11/h3-8,13,16H,1-2H3. The van der Waals surface area contributed by atoms with Gasteiger partial charge in [0.2, 0.25) is 0 Å². The van der Waals surface area contributed by atoms with Crippen LogP contribution in [0, 0.1) is 6.92 Å². The summed E-state index contributed by atoms with van der Waals surface area (Å²) in [5.74, 6) is 0.627. The van der Waals surface area contributed by atoms with Gasteiger partial charge in [-0.25, -0.2) is 0 Å². The molecule has 2 aromatic rings. The number of hydrogen-bond acceptors (Lipinski definition) is 4. The number of pyridine rings is 2. The van der Waals surface area contributed by atoms with Crippen LogP contribution in [0.1, 0.15) is 22.8 Å². The Morgan fingerprint density at radius 2 is 1.71 bits per heavy atom. The summed E-state index contributed by atoms with van der Waals surface area (Å²) in [5, 5.41) is 10.2. The molecule has 17 heavy (non-hydrogen) atoms. The molecule has 0 aliphatic heterocycles. The Kier molecular flexibility index (Phi) is 3.35. The summed E-state index contributed by atoms with van der Waals surface area (Å²) in [6, 6.07) is 3.66. The molecule has 2 rings (SSSR count). The molecule has 4 nitrogen and oxygen atoms in total. The molecule has 0 aliphatic carbocycles. The van der Waals surface area contributed by atoms with Gasteiger partial charge in [0.25, 0.3) is 0 Å². The maximum atomic E-state index is 10.2. The lowest BCUT2D eigenvalue weighted by molar-refractivity contribution is 0.218.